The maximum atomic E-state index is 10.2. The van der Waals surface area contributed by atoms with Crippen LogP contribution >= 0.6 is 12.4 Å². The first-order chi connectivity index (χ1) is 3.83. The Kier molecular flexibility index (Phi) is 4.74. The molecule has 2 N–H and O–H groups in total. The molecule has 5 heteroatoms. The van der Waals surface area contributed by atoms with E-state index >= 15 is 0 Å². The van der Waals surface area contributed by atoms with E-state index < -0.39 is 0 Å². The average Bonchev–Trinajstić information content (AvgIpc) is 2.14. The Hall–Kier alpha value is 0.620. The van der Waals surface area contributed by atoms with E-state index in [9.17, 15) is 4.21 Å². The minimum Gasteiger partial charge on any atom is -0.327 e. The normalized spacial score (nSPS) is 33.4. The summed E-state index contributed by atoms with van der Waals surface area (Å²) in [5.41, 5.74) is 5.56. The fourth-order valence-electron chi connectivity index (χ4n) is 0.750. The largest absolute Gasteiger partial charge is 0.327 e. The highest BCUT2D eigenvalue weighted by Crippen LogP contribution is 2.04. The SMILES string of the molecule is Cl.N[C@H]1CCS(=S=O)C1. The van der Waals surface area contributed by atoms with E-state index in [1.54, 1.807) is 0 Å². The van der Waals surface area contributed by atoms with Crippen molar-refractivity contribution in [1.82, 2.24) is 0 Å². The van der Waals surface area contributed by atoms with Gasteiger partial charge in [-0.2, -0.15) is 0 Å². The summed E-state index contributed by atoms with van der Waals surface area (Å²) in [6, 6.07) is 0.319. The van der Waals surface area contributed by atoms with Gasteiger partial charge in [-0.25, -0.2) is 4.21 Å². The van der Waals surface area contributed by atoms with Gasteiger partial charge in [0.15, 0.2) is 0 Å². The van der Waals surface area contributed by atoms with Crippen molar-refractivity contribution in [3.05, 3.63) is 0 Å². The summed E-state index contributed by atoms with van der Waals surface area (Å²) < 4.78 is 10.2. The maximum absolute atomic E-state index is 10.2. The molecule has 1 aliphatic rings. The van der Waals surface area contributed by atoms with Crippen LogP contribution < -0.4 is 5.73 Å². The minimum absolute atomic E-state index is 0. The molecule has 0 aromatic carbocycles. The van der Waals surface area contributed by atoms with Crippen molar-refractivity contribution >= 4 is 32.1 Å². The molecule has 0 bridgehead atoms. The molecule has 1 rings (SSSR count). The molecule has 2 atom stereocenters. The van der Waals surface area contributed by atoms with Crippen molar-refractivity contribution in [2.24, 2.45) is 5.73 Å². The van der Waals surface area contributed by atoms with Gasteiger partial charge in [0.2, 0.25) is 0 Å². The van der Waals surface area contributed by atoms with Crippen molar-refractivity contribution in [1.29, 1.82) is 0 Å². The molecule has 0 aromatic heterocycles. The first kappa shape index (κ1) is 9.62. The maximum Gasteiger partial charge on any atom is 0.120 e. The van der Waals surface area contributed by atoms with Crippen LogP contribution in [-0.2, 0) is 19.7 Å². The van der Waals surface area contributed by atoms with Gasteiger partial charge >= 0.3 is 0 Å². The summed E-state index contributed by atoms with van der Waals surface area (Å²) in [6.07, 6.45) is 1.05. The van der Waals surface area contributed by atoms with Crippen LogP contribution in [0.1, 0.15) is 6.42 Å². The van der Waals surface area contributed by atoms with Crippen LogP contribution in [-0.4, -0.2) is 21.8 Å². The van der Waals surface area contributed by atoms with Crippen molar-refractivity contribution in [2.45, 2.75) is 12.5 Å². The highest BCUT2D eigenvalue weighted by molar-refractivity contribution is 8.31. The zero-order chi connectivity index (χ0) is 5.98. The molecule has 0 radical (unpaired) electrons. The molecule has 0 amide bonds. The molecule has 1 fully saturated rings. The molecule has 0 aliphatic carbocycles. The zero-order valence-corrected chi connectivity index (χ0v) is 7.36. The lowest BCUT2D eigenvalue weighted by atomic mass is 10.3. The predicted octanol–water partition coefficient (Wildman–Crippen LogP) is -0.115. The van der Waals surface area contributed by atoms with E-state index in [2.05, 4.69) is 0 Å². The summed E-state index contributed by atoms with van der Waals surface area (Å²) in [5.74, 6) is 2.00. The van der Waals surface area contributed by atoms with Gasteiger partial charge in [0, 0.05) is 17.5 Å². The number of nitrogens with two attached hydrogens (primary N) is 1. The number of rotatable bonds is 0. The molecule has 0 aromatic rings. The number of hydrogen-bond donors (Lipinski definition) is 1. The Morgan fingerprint density at radius 1 is 1.67 bits per heavy atom. The quantitative estimate of drug-likeness (QED) is 0.575. The second-order valence-electron chi connectivity index (χ2n) is 1.93. The Labute approximate surface area is 66.3 Å². The van der Waals surface area contributed by atoms with Crippen molar-refractivity contribution in [3.8, 4) is 0 Å². The van der Waals surface area contributed by atoms with Crippen molar-refractivity contribution in [3.63, 3.8) is 0 Å². The molecular weight excluding hydrogens is 178 g/mol. The van der Waals surface area contributed by atoms with E-state index in [1.807, 2.05) is 0 Å². The van der Waals surface area contributed by atoms with E-state index in [0.717, 1.165) is 28.2 Å². The summed E-state index contributed by atoms with van der Waals surface area (Å²) in [4.78, 5) is 0. The third kappa shape index (κ3) is 2.80. The minimum atomic E-state index is 0. The fourth-order valence-corrected chi connectivity index (χ4v) is 3.43. The van der Waals surface area contributed by atoms with Gasteiger partial charge in [0.05, 0.1) is 0 Å². The second kappa shape index (κ2) is 4.44. The number of hydrogen-bond acceptors (Lipinski definition) is 2. The smallest absolute Gasteiger partial charge is 0.120 e. The van der Waals surface area contributed by atoms with E-state index in [1.165, 1.54) is 0 Å². The van der Waals surface area contributed by atoms with Crippen LogP contribution in [0.3, 0.4) is 0 Å². The topological polar surface area (TPSA) is 43.1 Å². The van der Waals surface area contributed by atoms with Gasteiger partial charge in [0.1, 0.15) is 10.2 Å². The van der Waals surface area contributed by atoms with Gasteiger partial charge in [0.25, 0.3) is 0 Å². The Bertz CT molecular complexity index is 146. The molecule has 1 aliphatic heterocycles. The predicted molar refractivity (Wildman–Crippen MR) is 45.1 cm³/mol. The van der Waals surface area contributed by atoms with E-state index in [0.29, 0.717) is 6.04 Å². The third-order valence-electron chi connectivity index (χ3n) is 1.21. The van der Waals surface area contributed by atoms with Gasteiger partial charge in [-0.1, -0.05) is 9.45 Å². The van der Waals surface area contributed by atoms with Crippen LogP contribution in [0, 0.1) is 0 Å². The monoisotopic (exact) mass is 187 g/mol. The molecular formula is C4H10ClNOS2. The lowest BCUT2D eigenvalue weighted by Crippen LogP contribution is -2.18. The molecule has 1 unspecified atom stereocenters. The standard InChI is InChI=1S/C4H9NOS2.ClH/c5-4-1-2-8(3-4)7-6;/h4H,1-3,5H2;1H/t4-,8?;/m0./s1. The Balaban J connectivity index is 0.000000640. The van der Waals surface area contributed by atoms with E-state index in [-0.39, 0.29) is 21.9 Å². The molecule has 1 heterocycles. The van der Waals surface area contributed by atoms with Crippen LogP contribution in [0.2, 0.25) is 0 Å². The summed E-state index contributed by atoms with van der Waals surface area (Å²) in [7, 11) is 0.806. The lowest BCUT2D eigenvalue weighted by molar-refractivity contribution is 0.701. The van der Waals surface area contributed by atoms with Crippen LogP contribution in [0.5, 0.6) is 0 Å². The first-order valence-electron chi connectivity index (χ1n) is 2.56. The second-order valence-corrected chi connectivity index (χ2v) is 5.51. The van der Waals surface area contributed by atoms with Gasteiger partial charge in [-0.3, -0.25) is 0 Å². The summed E-state index contributed by atoms with van der Waals surface area (Å²) in [5, 5.41) is 0. The lowest BCUT2D eigenvalue weighted by Gasteiger charge is -1.92. The van der Waals surface area contributed by atoms with Crippen LogP contribution in [0.4, 0.5) is 0 Å². The fraction of sp³-hybridized carbons (Fsp3) is 1.00. The highest BCUT2D eigenvalue weighted by Gasteiger charge is 2.13. The molecule has 9 heavy (non-hydrogen) atoms. The van der Waals surface area contributed by atoms with Gasteiger partial charge in [-0.05, 0) is 6.42 Å². The molecule has 0 saturated carbocycles. The number of halogens is 1. The third-order valence-corrected chi connectivity index (χ3v) is 4.38. The van der Waals surface area contributed by atoms with Crippen LogP contribution in [0.25, 0.3) is 0 Å². The van der Waals surface area contributed by atoms with Gasteiger partial charge in [-0.15, -0.1) is 12.4 Å². The first-order valence-corrected chi connectivity index (χ1v) is 5.38. The van der Waals surface area contributed by atoms with Gasteiger partial charge < -0.3 is 5.73 Å². The summed E-state index contributed by atoms with van der Waals surface area (Å²) >= 11 is 0. The molecule has 0 spiro atoms. The van der Waals surface area contributed by atoms with Crippen molar-refractivity contribution in [2.75, 3.05) is 11.5 Å². The molecule has 1 saturated heterocycles. The average molecular weight is 188 g/mol. The van der Waals surface area contributed by atoms with Crippen molar-refractivity contribution < 1.29 is 4.21 Å². The Morgan fingerprint density at radius 3 is 2.56 bits per heavy atom. The zero-order valence-electron chi connectivity index (χ0n) is 4.91. The Morgan fingerprint density at radius 2 is 2.33 bits per heavy atom. The van der Waals surface area contributed by atoms with E-state index in [4.69, 9.17) is 5.73 Å². The highest BCUT2D eigenvalue weighted by atomic mass is 35.5. The van der Waals surface area contributed by atoms with Crippen LogP contribution in [0.15, 0.2) is 0 Å². The molecule has 56 valence electrons. The summed E-state index contributed by atoms with van der Waals surface area (Å²) in [6.45, 7) is 0. The molecule has 2 nitrogen and oxygen atoms in total.